The van der Waals surface area contributed by atoms with Gasteiger partial charge in [-0.25, -0.2) is 9.18 Å². The van der Waals surface area contributed by atoms with E-state index in [9.17, 15) is 9.18 Å². The largest absolute Gasteiger partial charge is 0.478 e. The molecular weight excluding hydrogens is 221 g/mol. The van der Waals surface area contributed by atoms with Crippen molar-refractivity contribution in [2.75, 3.05) is 11.4 Å². The van der Waals surface area contributed by atoms with Gasteiger partial charge in [0.1, 0.15) is 11.4 Å². The summed E-state index contributed by atoms with van der Waals surface area (Å²) in [5, 5.41) is 9.08. The Morgan fingerprint density at radius 1 is 1.47 bits per heavy atom. The Labute approximate surface area is 101 Å². The van der Waals surface area contributed by atoms with Crippen LogP contribution in [-0.4, -0.2) is 23.7 Å². The van der Waals surface area contributed by atoms with Gasteiger partial charge in [0.15, 0.2) is 0 Å². The van der Waals surface area contributed by atoms with Crippen LogP contribution >= 0.6 is 0 Å². The highest BCUT2D eigenvalue weighted by Crippen LogP contribution is 2.25. The highest BCUT2D eigenvalue weighted by molar-refractivity contribution is 5.94. The molecule has 1 unspecified atom stereocenters. The lowest BCUT2D eigenvalue weighted by Crippen LogP contribution is -2.33. The molecule has 1 N–H and O–H groups in total. The van der Waals surface area contributed by atoms with E-state index in [-0.39, 0.29) is 11.6 Å². The van der Waals surface area contributed by atoms with Gasteiger partial charge in [0, 0.05) is 12.6 Å². The summed E-state index contributed by atoms with van der Waals surface area (Å²) in [5.74, 6) is -1.91. The minimum Gasteiger partial charge on any atom is -0.478 e. The van der Waals surface area contributed by atoms with Crippen LogP contribution in [0, 0.1) is 5.82 Å². The van der Waals surface area contributed by atoms with Gasteiger partial charge in [-0.2, -0.15) is 0 Å². The van der Waals surface area contributed by atoms with E-state index in [4.69, 9.17) is 5.11 Å². The fraction of sp³-hybridized carbons (Fsp3) is 0.462. The van der Waals surface area contributed by atoms with Crippen molar-refractivity contribution in [2.24, 2.45) is 0 Å². The van der Waals surface area contributed by atoms with Crippen LogP contribution in [0.25, 0.3) is 0 Å². The Kier molecular flexibility index (Phi) is 4.49. The van der Waals surface area contributed by atoms with Crippen molar-refractivity contribution >= 4 is 11.7 Å². The summed E-state index contributed by atoms with van der Waals surface area (Å²) in [6.45, 7) is 6.61. The quantitative estimate of drug-likeness (QED) is 0.858. The van der Waals surface area contributed by atoms with E-state index < -0.39 is 11.8 Å². The van der Waals surface area contributed by atoms with Crippen molar-refractivity contribution in [3.8, 4) is 0 Å². The van der Waals surface area contributed by atoms with E-state index in [0.717, 1.165) is 6.42 Å². The second-order valence-electron chi connectivity index (χ2n) is 3.98. The van der Waals surface area contributed by atoms with Gasteiger partial charge in [0.05, 0.1) is 5.69 Å². The summed E-state index contributed by atoms with van der Waals surface area (Å²) < 4.78 is 13.6. The first-order valence-electron chi connectivity index (χ1n) is 5.81. The third kappa shape index (κ3) is 2.75. The van der Waals surface area contributed by atoms with Crippen LogP contribution in [0.1, 0.15) is 37.6 Å². The monoisotopic (exact) mass is 239 g/mol. The predicted molar refractivity (Wildman–Crippen MR) is 66.1 cm³/mol. The Balaban J connectivity index is 3.28. The number of halogens is 1. The number of nitrogens with zero attached hydrogens (tertiary/aromatic N) is 1. The van der Waals surface area contributed by atoms with Gasteiger partial charge in [-0.1, -0.05) is 13.0 Å². The minimum absolute atomic E-state index is 0.180. The molecule has 4 heteroatoms. The van der Waals surface area contributed by atoms with Crippen LogP contribution in [0.15, 0.2) is 18.2 Å². The fourth-order valence-electron chi connectivity index (χ4n) is 1.90. The fourth-order valence-corrected chi connectivity index (χ4v) is 1.90. The summed E-state index contributed by atoms with van der Waals surface area (Å²) >= 11 is 0. The van der Waals surface area contributed by atoms with Crippen LogP contribution in [0.3, 0.4) is 0 Å². The standard InChI is InChI=1S/C13H18FNO2/c1-4-9(3)15(5-2)11-8-6-7-10(14)12(11)13(16)17/h6-9H,4-5H2,1-3H3,(H,16,17). The first kappa shape index (κ1) is 13.5. The maximum absolute atomic E-state index is 13.6. The topological polar surface area (TPSA) is 40.5 Å². The Hall–Kier alpha value is -1.58. The third-order valence-electron chi connectivity index (χ3n) is 2.98. The summed E-state index contributed by atoms with van der Waals surface area (Å²) in [6.07, 6.45) is 0.878. The molecule has 0 saturated carbocycles. The van der Waals surface area contributed by atoms with Gasteiger partial charge in [-0.3, -0.25) is 0 Å². The van der Waals surface area contributed by atoms with E-state index in [1.807, 2.05) is 25.7 Å². The normalized spacial score (nSPS) is 12.2. The molecule has 0 spiro atoms. The number of carboxylic acids is 1. The smallest absolute Gasteiger partial charge is 0.340 e. The van der Waals surface area contributed by atoms with Gasteiger partial charge in [-0.15, -0.1) is 0 Å². The van der Waals surface area contributed by atoms with Crippen molar-refractivity contribution in [3.63, 3.8) is 0 Å². The van der Waals surface area contributed by atoms with Crippen LogP contribution in [-0.2, 0) is 0 Å². The van der Waals surface area contributed by atoms with E-state index in [1.54, 1.807) is 12.1 Å². The predicted octanol–water partition coefficient (Wildman–Crippen LogP) is 3.15. The summed E-state index contributed by atoms with van der Waals surface area (Å²) in [5.41, 5.74) is 0.212. The van der Waals surface area contributed by atoms with E-state index in [2.05, 4.69) is 0 Å². The lowest BCUT2D eigenvalue weighted by atomic mass is 10.1. The molecule has 0 aliphatic rings. The van der Waals surface area contributed by atoms with Crippen LogP contribution < -0.4 is 4.90 Å². The molecule has 1 rings (SSSR count). The van der Waals surface area contributed by atoms with Crippen molar-refractivity contribution in [1.82, 2.24) is 0 Å². The van der Waals surface area contributed by atoms with Crippen LogP contribution in [0.4, 0.5) is 10.1 Å². The number of anilines is 1. The van der Waals surface area contributed by atoms with E-state index in [1.165, 1.54) is 6.07 Å². The number of carbonyl (C=O) groups is 1. The van der Waals surface area contributed by atoms with E-state index >= 15 is 0 Å². The molecule has 0 heterocycles. The number of hydrogen-bond acceptors (Lipinski definition) is 2. The highest BCUT2D eigenvalue weighted by atomic mass is 19.1. The van der Waals surface area contributed by atoms with Gasteiger partial charge in [0.2, 0.25) is 0 Å². The summed E-state index contributed by atoms with van der Waals surface area (Å²) in [7, 11) is 0. The number of carboxylic acid groups (broad SMARTS) is 1. The first-order valence-corrected chi connectivity index (χ1v) is 5.81. The molecule has 1 aromatic rings. The van der Waals surface area contributed by atoms with Gasteiger partial charge in [0.25, 0.3) is 0 Å². The van der Waals surface area contributed by atoms with Crippen molar-refractivity contribution < 1.29 is 14.3 Å². The molecule has 0 aromatic heterocycles. The van der Waals surface area contributed by atoms with Gasteiger partial charge >= 0.3 is 5.97 Å². The molecule has 0 fully saturated rings. The molecule has 0 radical (unpaired) electrons. The number of rotatable bonds is 5. The minimum atomic E-state index is -1.22. The maximum Gasteiger partial charge on any atom is 0.340 e. The second-order valence-corrected chi connectivity index (χ2v) is 3.98. The molecular formula is C13H18FNO2. The number of hydrogen-bond donors (Lipinski definition) is 1. The average Bonchev–Trinajstić information content (AvgIpc) is 2.29. The highest BCUT2D eigenvalue weighted by Gasteiger charge is 2.21. The van der Waals surface area contributed by atoms with E-state index in [0.29, 0.717) is 12.2 Å². The molecule has 0 aliphatic carbocycles. The van der Waals surface area contributed by atoms with Crippen molar-refractivity contribution in [2.45, 2.75) is 33.2 Å². The zero-order valence-electron chi connectivity index (χ0n) is 10.4. The Morgan fingerprint density at radius 2 is 2.12 bits per heavy atom. The third-order valence-corrected chi connectivity index (χ3v) is 2.98. The molecule has 0 amide bonds. The molecule has 0 bridgehead atoms. The zero-order valence-corrected chi connectivity index (χ0v) is 10.4. The number of aromatic carboxylic acids is 1. The van der Waals surface area contributed by atoms with Crippen LogP contribution in [0.2, 0.25) is 0 Å². The molecule has 0 aliphatic heterocycles. The van der Waals surface area contributed by atoms with Gasteiger partial charge < -0.3 is 10.0 Å². The molecule has 1 atom stereocenters. The average molecular weight is 239 g/mol. The van der Waals surface area contributed by atoms with Crippen molar-refractivity contribution in [1.29, 1.82) is 0 Å². The van der Waals surface area contributed by atoms with Crippen LogP contribution in [0.5, 0.6) is 0 Å². The summed E-state index contributed by atoms with van der Waals surface area (Å²) in [6, 6.07) is 4.56. The second kappa shape index (κ2) is 5.66. The first-order chi connectivity index (χ1) is 8.02. The zero-order chi connectivity index (χ0) is 13.0. The Bertz CT molecular complexity index is 406. The molecule has 1 aromatic carbocycles. The lowest BCUT2D eigenvalue weighted by Gasteiger charge is -2.30. The number of benzene rings is 1. The lowest BCUT2D eigenvalue weighted by molar-refractivity contribution is 0.0692. The maximum atomic E-state index is 13.6. The van der Waals surface area contributed by atoms with Gasteiger partial charge in [-0.05, 0) is 32.4 Å². The molecule has 94 valence electrons. The molecule has 17 heavy (non-hydrogen) atoms. The Morgan fingerprint density at radius 3 is 2.59 bits per heavy atom. The SMILES string of the molecule is CCC(C)N(CC)c1cccc(F)c1C(=O)O. The molecule has 0 saturated heterocycles. The summed E-state index contributed by atoms with van der Waals surface area (Å²) in [4.78, 5) is 13.0. The molecule has 3 nitrogen and oxygen atoms in total. The van der Waals surface area contributed by atoms with Crippen molar-refractivity contribution in [3.05, 3.63) is 29.6 Å².